The van der Waals surface area contributed by atoms with Crippen LogP contribution in [0.25, 0.3) is 0 Å². The van der Waals surface area contributed by atoms with Crippen LogP contribution in [0.15, 0.2) is 0 Å². The first-order valence-corrected chi connectivity index (χ1v) is 4.11. The standard InChI is InChI=1S/C8H13NO/c1-2-7-5-3-6(4-5)9-8(7)10/h5-7H,2-4H2,1H3,(H,9,10). The van der Waals surface area contributed by atoms with E-state index in [1.54, 1.807) is 0 Å². The van der Waals surface area contributed by atoms with Gasteiger partial charge >= 0.3 is 0 Å². The molecule has 56 valence electrons. The number of carbonyl (C=O) groups excluding carboxylic acids is 1. The third-order valence-electron chi connectivity index (χ3n) is 2.87. The summed E-state index contributed by atoms with van der Waals surface area (Å²) < 4.78 is 0. The van der Waals surface area contributed by atoms with Gasteiger partial charge in [-0.1, -0.05) is 6.92 Å². The molecule has 2 aliphatic heterocycles. The number of carbonyl (C=O) groups is 1. The van der Waals surface area contributed by atoms with E-state index in [4.69, 9.17) is 0 Å². The zero-order valence-corrected chi connectivity index (χ0v) is 6.26. The lowest BCUT2D eigenvalue weighted by molar-refractivity contribution is -0.135. The highest BCUT2D eigenvalue weighted by molar-refractivity contribution is 5.81. The normalized spacial score (nSPS) is 44.1. The fraction of sp³-hybridized carbons (Fsp3) is 0.875. The number of amides is 1. The minimum absolute atomic E-state index is 0.301. The summed E-state index contributed by atoms with van der Waals surface area (Å²) in [7, 11) is 0. The van der Waals surface area contributed by atoms with Gasteiger partial charge in [-0.05, 0) is 25.2 Å². The van der Waals surface area contributed by atoms with E-state index >= 15 is 0 Å². The van der Waals surface area contributed by atoms with Crippen LogP contribution in [0, 0.1) is 11.8 Å². The highest BCUT2D eigenvalue weighted by atomic mass is 16.2. The van der Waals surface area contributed by atoms with E-state index < -0.39 is 0 Å². The average molecular weight is 139 g/mol. The first-order valence-electron chi connectivity index (χ1n) is 4.11. The summed E-state index contributed by atoms with van der Waals surface area (Å²) >= 11 is 0. The second-order valence-electron chi connectivity index (χ2n) is 3.45. The van der Waals surface area contributed by atoms with Gasteiger partial charge in [-0.25, -0.2) is 0 Å². The molecule has 1 aliphatic carbocycles. The highest BCUT2D eigenvalue weighted by Gasteiger charge is 2.43. The Morgan fingerprint density at radius 3 is 2.70 bits per heavy atom. The van der Waals surface area contributed by atoms with Gasteiger partial charge in [0.25, 0.3) is 0 Å². The monoisotopic (exact) mass is 139 g/mol. The van der Waals surface area contributed by atoms with Crippen LogP contribution in [0.3, 0.4) is 0 Å². The number of rotatable bonds is 1. The van der Waals surface area contributed by atoms with Crippen molar-refractivity contribution in [1.29, 1.82) is 0 Å². The highest BCUT2D eigenvalue weighted by Crippen LogP contribution is 2.39. The first kappa shape index (κ1) is 6.20. The molecule has 2 nitrogen and oxygen atoms in total. The molecule has 1 N–H and O–H groups in total. The maximum absolute atomic E-state index is 11.2. The van der Waals surface area contributed by atoms with Crippen molar-refractivity contribution in [2.24, 2.45) is 11.8 Å². The molecule has 1 amide bonds. The van der Waals surface area contributed by atoms with Gasteiger partial charge in [0.2, 0.25) is 5.91 Å². The smallest absolute Gasteiger partial charge is 0.223 e. The van der Waals surface area contributed by atoms with Gasteiger partial charge in [0.15, 0.2) is 0 Å². The maximum atomic E-state index is 11.2. The van der Waals surface area contributed by atoms with Gasteiger partial charge in [-0.15, -0.1) is 0 Å². The quantitative estimate of drug-likeness (QED) is 0.575. The third kappa shape index (κ3) is 0.678. The number of piperidine rings is 2. The van der Waals surface area contributed by atoms with Crippen LogP contribution in [0.4, 0.5) is 0 Å². The molecule has 3 rings (SSSR count). The van der Waals surface area contributed by atoms with Crippen molar-refractivity contribution < 1.29 is 4.79 Å². The second-order valence-corrected chi connectivity index (χ2v) is 3.45. The molecular weight excluding hydrogens is 126 g/mol. The summed E-state index contributed by atoms with van der Waals surface area (Å²) in [6.45, 7) is 2.10. The lowest BCUT2D eigenvalue weighted by atomic mass is 9.67. The van der Waals surface area contributed by atoms with Crippen LogP contribution in [0.5, 0.6) is 0 Å². The van der Waals surface area contributed by atoms with Crippen LogP contribution in [0.2, 0.25) is 0 Å². The molecule has 3 aliphatic rings. The molecule has 10 heavy (non-hydrogen) atoms. The molecule has 0 aromatic carbocycles. The third-order valence-corrected chi connectivity index (χ3v) is 2.87. The molecule has 2 heterocycles. The Kier molecular flexibility index (Phi) is 1.22. The Morgan fingerprint density at radius 2 is 2.30 bits per heavy atom. The topological polar surface area (TPSA) is 29.1 Å². The maximum Gasteiger partial charge on any atom is 0.223 e. The summed E-state index contributed by atoms with van der Waals surface area (Å²) in [5.74, 6) is 1.36. The summed E-state index contributed by atoms with van der Waals surface area (Å²) in [6.07, 6.45) is 3.50. The molecule has 0 spiro atoms. The largest absolute Gasteiger partial charge is 0.353 e. The molecular formula is C8H13NO. The van der Waals surface area contributed by atoms with Gasteiger partial charge in [0, 0.05) is 12.0 Å². The molecule has 2 heteroatoms. The molecule has 2 saturated heterocycles. The summed E-state index contributed by atoms with van der Waals surface area (Å²) in [5, 5.41) is 3.01. The van der Waals surface area contributed by atoms with Crippen molar-refractivity contribution in [1.82, 2.24) is 5.32 Å². The molecule has 1 saturated carbocycles. The van der Waals surface area contributed by atoms with Crippen LogP contribution in [0.1, 0.15) is 26.2 Å². The van der Waals surface area contributed by atoms with Crippen molar-refractivity contribution in [2.45, 2.75) is 32.2 Å². The Hall–Kier alpha value is -0.530. The van der Waals surface area contributed by atoms with Gasteiger partial charge in [-0.3, -0.25) is 4.79 Å². The van der Waals surface area contributed by atoms with E-state index in [2.05, 4.69) is 12.2 Å². The van der Waals surface area contributed by atoms with Gasteiger partial charge in [0.1, 0.15) is 0 Å². The molecule has 1 atom stereocenters. The van der Waals surface area contributed by atoms with Crippen molar-refractivity contribution in [3.8, 4) is 0 Å². The molecule has 0 aromatic heterocycles. The van der Waals surface area contributed by atoms with E-state index in [-0.39, 0.29) is 0 Å². The van der Waals surface area contributed by atoms with Crippen LogP contribution in [-0.2, 0) is 4.79 Å². The van der Waals surface area contributed by atoms with Crippen molar-refractivity contribution >= 4 is 5.91 Å². The fourth-order valence-electron chi connectivity index (χ4n) is 2.15. The lowest BCUT2D eigenvalue weighted by Gasteiger charge is -2.46. The Labute approximate surface area is 61.0 Å². The Morgan fingerprint density at radius 1 is 1.60 bits per heavy atom. The summed E-state index contributed by atoms with van der Waals surface area (Å²) in [4.78, 5) is 11.2. The van der Waals surface area contributed by atoms with Crippen LogP contribution >= 0.6 is 0 Å². The predicted molar refractivity (Wildman–Crippen MR) is 38.4 cm³/mol. The van der Waals surface area contributed by atoms with Gasteiger partial charge in [0.05, 0.1) is 0 Å². The van der Waals surface area contributed by atoms with E-state index in [0.717, 1.165) is 12.3 Å². The Balaban J connectivity index is 2.08. The minimum atomic E-state index is 0.301. The fourth-order valence-corrected chi connectivity index (χ4v) is 2.15. The van der Waals surface area contributed by atoms with Crippen molar-refractivity contribution in [3.63, 3.8) is 0 Å². The van der Waals surface area contributed by atoms with Crippen molar-refractivity contribution in [2.75, 3.05) is 0 Å². The number of hydrogen-bond acceptors (Lipinski definition) is 1. The van der Waals surface area contributed by atoms with Gasteiger partial charge < -0.3 is 5.32 Å². The zero-order valence-electron chi connectivity index (χ0n) is 6.26. The van der Waals surface area contributed by atoms with E-state index in [0.29, 0.717) is 17.9 Å². The number of fused-ring (bicyclic) bond motifs is 2. The van der Waals surface area contributed by atoms with Gasteiger partial charge in [-0.2, -0.15) is 0 Å². The van der Waals surface area contributed by atoms with E-state index in [1.807, 2.05) is 0 Å². The average Bonchev–Trinajstić information content (AvgIpc) is 1.85. The second kappa shape index (κ2) is 1.97. The van der Waals surface area contributed by atoms with Crippen LogP contribution in [-0.4, -0.2) is 11.9 Å². The minimum Gasteiger partial charge on any atom is -0.353 e. The molecule has 3 fully saturated rings. The van der Waals surface area contributed by atoms with E-state index in [1.165, 1.54) is 12.8 Å². The number of nitrogens with one attached hydrogen (secondary N) is 1. The molecule has 0 aromatic rings. The zero-order chi connectivity index (χ0) is 7.14. The number of hydrogen-bond donors (Lipinski definition) is 1. The molecule has 2 bridgehead atoms. The lowest BCUT2D eigenvalue weighted by Crippen LogP contribution is -2.57. The summed E-state index contributed by atoms with van der Waals surface area (Å²) in [6, 6.07) is 0.542. The molecule has 0 radical (unpaired) electrons. The Bertz CT molecular complexity index is 161. The SMILES string of the molecule is CCC1C(=O)NC2CC1C2. The van der Waals surface area contributed by atoms with Crippen molar-refractivity contribution in [3.05, 3.63) is 0 Å². The predicted octanol–water partition coefficient (Wildman–Crippen LogP) is 0.921. The first-order chi connectivity index (χ1) is 4.81. The van der Waals surface area contributed by atoms with E-state index in [9.17, 15) is 4.79 Å². The summed E-state index contributed by atoms with van der Waals surface area (Å²) in [5.41, 5.74) is 0. The molecule has 1 unspecified atom stereocenters. The van der Waals surface area contributed by atoms with Crippen LogP contribution < -0.4 is 5.32 Å².